The molecule has 1 saturated heterocycles. The van der Waals surface area contributed by atoms with Crippen molar-refractivity contribution in [2.24, 2.45) is 0 Å². The zero-order chi connectivity index (χ0) is 16.4. The number of carbonyl (C=O) groups excluding carboxylic acids is 1. The van der Waals surface area contributed by atoms with Gasteiger partial charge in [0.15, 0.2) is 0 Å². The van der Waals surface area contributed by atoms with Gasteiger partial charge in [0.05, 0.1) is 10.3 Å². The first-order valence-corrected chi connectivity index (χ1v) is 9.06. The molecule has 1 aliphatic rings. The standard InChI is InChI=1S/C18H22BrN3O/c1-3-15(19)18(23)22-10-8-21(9-11-22)17-12-13(2)14-6-4-5-7-16(14)20-17/h4-7,12,15H,3,8-11H2,1-2H3. The molecule has 5 heteroatoms. The van der Waals surface area contributed by atoms with E-state index in [4.69, 9.17) is 4.98 Å². The number of aryl methyl sites for hydroxylation is 1. The lowest BCUT2D eigenvalue weighted by Crippen LogP contribution is -2.50. The fourth-order valence-electron chi connectivity index (χ4n) is 3.02. The SMILES string of the molecule is CCC(Br)C(=O)N1CCN(c2cc(C)c3ccccc3n2)CC1. The Balaban J connectivity index is 1.74. The number of nitrogens with zero attached hydrogens (tertiary/aromatic N) is 3. The molecule has 0 N–H and O–H groups in total. The van der Waals surface area contributed by atoms with Gasteiger partial charge in [0.2, 0.25) is 5.91 Å². The largest absolute Gasteiger partial charge is 0.353 e. The molecule has 2 aromatic rings. The Bertz CT molecular complexity index is 710. The third-order valence-corrected chi connectivity index (χ3v) is 5.49. The van der Waals surface area contributed by atoms with Crippen LogP contribution < -0.4 is 4.90 Å². The van der Waals surface area contributed by atoms with Gasteiger partial charge in [-0.25, -0.2) is 4.98 Å². The highest BCUT2D eigenvalue weighted by Gasteiger charge is 2.25. The van der Waals surface area contributed by atoms with E-state index in [1.807, 2.05) is 24.0 Å². The maximum atomic E-state index is 12.2. The smallest absolute Gasteiger partial charge is 0.236 e. The highest BCUT2D eigenvalue weighted by molar-refractivity contribution is 9.10. The van der Waals surface area contributed by atoms with Gasteiger partial charge in [-0.1, -0.05) is 41.1 Å². The molecule has 1 amide bonds. The second kappa shape index (κ2) is 6.87. The molecule has 1 atom stereocenters. The molecular weight excluding hydrogens is 354 g/mol. The summed E-state index contributed by atoms with van der Waals surface area (Å²) < 4.78 is 0. The second-order valence-electron chi connectivity index (χ2n) is 6.00. The number of para-hydroxylation sites is 1. The average Bonchev–Trinajstić information content (AvgIpc) is 2.60. The van der Waals surface area contributed by atoms with Crippen molar-refractivity contribution in [1.82, 2.24) is 9.88 Å². The van der Waals surface area contributed by atoms with Gasteiger partial charge in [0.25, 0.3) is 0 Å². The second-order valence-corrected chi connectivity index (χ2v) is 7.11. The van der Waals surface area contributed by atoms with Crippen LogP contribution in [0.2, 0.25) is 0 Å². The van der Waals surface area contributed by atoms with E-state index >= 15 is 0 Å². The molecule has 1 fully saturated rings. The maximum Gasteiger partial charge on any atom is 0.236 e. The lowest BCUT2D eigenvalue weighted by Gasteiger charge is -2.36. The monoisotopic (exact) mass is 375 g/mol. The number of anilines is 1. The van der Waals surface area contributed by atoms with Crippen LogP contribution in [0.3, 0.4) is 0 Å². The van der Waals surface area contributed by atoms with Crippen molar-refractivity contribution in [2.75, 3.05) is 31.1 Å². The van der Waals surface area contributed by atoms with Crippen molar-refractivity contribution >= 4 is 38.6 Å². The van der Waals surface area contributed by atoms with E-state index in [0.29, 0.717) is 0 Å². The minimum Gasteiger partial charge on any atom is -0.353 e. The first-order chi connectivity index (χ1) is 11.1. The molecule has 0 aliphatic carbocycles. The average molecular weight is 376 g/mol. The van der Waals surface area contributed by atoms with Crippen molar-refractivity contribution in [3.8, 4) is 0 Å². The molecule has 1 aromatic carbocycles. The summed E-state index contributed by atoms with van der Waals surface area (Å²) in [6.07, 6.45) is 0.824. The molecule has 0 spiro atoms. The van der Waals surface area contributed by atoms with E-state index in [1.165, 1.54) is 10.9 Å². The van der Waals surface area contributed by atoms with Gasteiger partial charge in [-0.2, -0.15) is 0 Å². The normalized spacial score (nSPS) is 16.7. The quantitative estimate of drug-likeness (QED) is 0.771. The van der Waals surface area contributed by atoms with Crippen LogP contribution in [0.5, 0.6) is 0 Å². The van der Waals surface area contributed by atoms with Gasteiger partial charge in [0, 0.05) is 31.6 Å². The van der Waals surface area contributed by atoms with E-state index in [-0.39, 0.29) is 10.7 Å². The van der Waals surface area contributed by atoms with Crippen LogP contribution in [0.25, 0.3) is 10.9 Å². The summed E-state index contributed by atoms with van der Waals surface area (Å²) in [4.78, 5) is 21.2. The van der Waals surface area contributed by atoms with Crippen LogP contribution in [-0.2, 0) is 4.79 Å². The molecule has 0 radical (unpaired) electrons. The molecule has 23 heavy (non-hydrogen) atoms. The highest BCUT2D eigenvalue weighted by atomic mass is 79.9. The van der Waals surface area contributed by atoms with Gasteiger partial charge >= 0.3 is 0 Å². The number of pyridine rings is 1. The van der Waals surface area contributed by atoms with E-state index in [0.717, 1.165) is 43.9 Å². The Labute approximate surface area is 145 Å². The Morgan fingerprint density at radius 3 is 2.65 bits per heavy atom. The molecule has 1 aliphatic heterocycles. The minimum atomic E-state index is -0.0601. The first kappa shape index (κ1) is 16.2. The van der Waals surface area contributed by atoms with Crippen molar-refractivity contribution in [3.05, 3.63) is 35.9 Å². The van der Waals surface area contributed by atoms with Crippen LogP contribution in [0.1, 0.15) is 18.9 Å². The highest BCUT2D eigenvalue weighted by Crippen LogP contribution is 2.23. The third kappa shape index (κ3) is 3.34. The number of rotatable bonds is 3. The van der Waals surface area contributed by atoms with Crippen LogP contribution in [-0.4, -0.2) is 46.8 Å². The summed E-state index contributed by atoms with van der Waals surface area (Å²) >= 11 is 3.46. The molecule has 1 aromatic heterocycles. The molecule has 3 rings (SSSR count). The summed E-state index contributed by atoms with van der Waals surface area (Å²) in [5, 5.41) is 1.20. The predicted molar refractivity (Wildman–Crippen MR) is 98.3 cm³/mol. The molecular formula is C18H22BrN3O. The third-order valence-electron chi connectivity index (χ3n) is 4.45. The van der Waals surface area contributed by atoms with Gasteiger partial charge in [-0.15, -0.1) is 0 Å². The number of hydrogen-bond acceptors (Lipinski definition) is 3. The summed E-state index contributed by atoms with van der Waals surface area (Å²) in [6, 6.07) is 10.4. The first-order valence-electron chi connectivity index (χ1n) is 8.14. The van der Waals surface area contributed by atoms with Crippen LogP contribution in [0.4, 0.5) is 5.82 Å². The maximum absolute atomic E-state index is 12.2. The number of halogens is 1. The number of benzene rings is 1. The van der Waals surface area contributed by atoms with E-state index in [9.17, 15) is 4.79 Å². The summed E-state index contributed by atoms with van der Waals surface area (Å²) in [5.41, 5.74) is 2.28. The summed E-state index contributed by atoms with van der Waals surface area (Å²) in [5.74, 6) is 1.22. The Hall–Kier alpha value is -1.62. The van der Waals surface area contributed by atoms with Crippen molar-refractivity contribution in [1.29, 1.82) is 0 Å². The van der Waals surface area contributed by atoms with Crippen molar-refractivity contribution in [3.63, 3.8) is 0 Å². The van der Waals surface area contributed by atoms with Gasteiger partial charge in [-0.05, 0) is 31.0 Å². The van der Waals surface area contributed by atoms with Gasteiger partial charge in [-0.3, -0.25) is 4.79 Å². The number of fused-ring (bicyclic) bond motifs is 1. The number of piperazine rings is 1. The zero-order valence-electron chi connectivity index (χ0n) is 13.6. The van der Waals surface area contributed by atoms with Crippen LogP contribution in [0, 0.1) is 6.92 Å². The lowest BCUT2D eigenvalue weighted by molar-refractivity contribution is -0.130. The van der Waals surface area contributed by atoms with Crippen LogP contribution in [0.15, 0.2) is 30.3 Å². The Morgan fingerprint density at radius 2 is 1.96 bits per heavy atom. The predicted octanol–water partition coefficient (Wildman–Crippen LogP) is 3.37. The van der Waals surface area contributed by atoms with Crippen molar-refractivity contribution < 1.29 is 4.79 Å². The molecule has 0 saturated carbocycles. The number of amides is 1. The summed E-state index contributed by atoms with van der Waals surface area (Å²) in [7, 11) is 0. The topological polar surface area (TPSA) is 36.4 Å². The number of hydrogen-bond donors (Lipinski definition) is 0. The number of alkyl halides is 1. The van der Waals surface area contributed by atoms with Gasteiger partial charge in [0.1, 0.15) is 5.82 Å². The lowest BCUT2D eigenvalue weighted by atomic mass is 10.1. The Kier molecular flexibility index (Phi) is 4.85. The molecule has 0 bridgehead atoms. The van der Waals surface area contributed by atoms with Crippen molar-refractivity contribution in [2.45, 2.75) is 25.1 Å². The van der Waals surface area contributed by atoms with Gasteiger partial charge < -0.3 is 9.80 Å². The van der Waals surface area contributed by atoms with E-state index in [1.54, 1.807) is 0 Å². The molecule has 4 nitrogen and oxygen atoms in total. The van der Waals surface area contributed by atoms with E-state index < -0.39 is 0 Å². The zero-order valence-corrected chi connectivity index (χ0v) is 15.2. The fraction of sp³-hybridized carbons (Fsp3) is 0.444. The Morgan fingerprint density at radius 1 is 1.26 bits per heavy atom. The number of aromatic nitrogens is 1. The molecule has 2 heterocycles. The number of carbonyl (C=O) groups is 1. The van der Waals surface area contributed by atoms with E-state index in [2.05, 4.69) is 46.0 Å². The minimum absolute atomic E-state index is 0.0601. The molecule has 122 valence electrons. The molecule has 1 unspecified atom stereocenters. The fourth-order valence-corrected chi connectivity index (χ4v) is 3.31. The van der Waals surface area contributed by atoms with Crippen LogP contribution >= 0.6 is 15.9 Å². The summed E-state index contributed by atoms with van der Waals surface area (Å²) in [6.45, 7) is 7.34.